The second-order valence-corrected chi connectivity index (χ2v) is 13.4. The van der Waals surface area contributed by atoms with E-state index in [1.807, 2.05) is 0 Å². The Morgan fingerprint density at radius 3 is 2.48 bits per heavy atom. The van der Waals surface area contributed by atoms with Gasteiger partial charge in [0.25, 0.3) is 0 Å². The van der Waals surface area contributed by atoms with Crippen LogP contribution >= 0.6 is 30.1 Å². The molecule has 0 fully saturated rings. The molecule has 2 aromatic carbocycles. The third-order valence-corrected chi connectivity index (χ3v) is 10.2. The predicted molar refractivity (Wildman–Crippen MR) is 167 cm³/mol. The number of para-hydroxylation sites is 2. The fourth-order valence-corrected chi connectivity index (χ4v) is 6.75. The molecule has 222 valence electrons. The summed E-state index contributed by atoms with van der Waals surface area (Å²) in [6, 6.07) is 18.4. The first kappa shape index (κ1) is 31.5. The van der Waals surface area contributed by atoms with Crippen LogP contribution in [-0.2, 0) is 10.0 Å². The van der Waals surface area contributed by atoms with Crippen LogP contribution in [0, 0.1) is 12.1 Å². The van der Waals surface area contributed by atoms with Gasteiger partial charge < -0.3 is 24.4 Å². The van der Waals surface area contributed by atoms with Gasteiger partial charge in [0.2, 0.25) is 21.9 Å². The number of halogens is 1. The maximum atomic E-state index is 14.3. The zero-order chi connectivity index (χ0) is 30.4. The fraction of sp³-hybridized carbons (Fsp3) is 0.296. The van der Waals surface area contributed by atoms with E-state index in [0.29, 0.717) is 17.1 Å². The molecule has 15 heteroatoms. The lowest BCUT2D eigenvalue weighted by molar-refractivity contribution is 0.171. The summed E-state index contributed by atoms with van der Waals surface area (Å²) in [5.74, 6) is 0.796. The Hall–Kier alpha value is -3.46. The summed E-state index contributed by atoms with van der Waals surface area (Å²) in [6.45, 7) is 1.37. The van der Waals surface area contributed by atoms with Gasteiger partial charge in [0.15, 0.2) is 11.5 Å². The Bertz CT molecular complexity index is 1640. The summed E-state index contributed by atoms with van der Waals surface area (Å²) >= 11 is 2.07. The fourth-order valence-electron chi connectivity index (χ4n) is 4.23. The van der Waals surface area contributed by atoms with E-state index in [2.05, 4.69) is 48.5 Å². The molecule has 2 heterocycles. The van der Waals surface area contributed by atoms with Crippen molar-refractivity contribution in [3.63, 3.8) is 0 Å². The van der Waals surface area contributed by atoms with E-state index in [1.54, 1.807) is 36.4 Å². The number of aliphatic hydroxyl groups is 1. The van der Waals surface area contributed by atoms with Crippen LogP contribution in [0.4, 0.5) is 5.95 Å². The van der Waals surface area contributed by atoms with Crippen LogP contribution < -0.4 is 18.5 Å². The number of aromatic hydroxyl groups is 1. The summed E-state index contributed by atoms with van der Waals surface area (Å²) in [4.78, 5) is 4.37. The summed E-state index contributed by atoms with van der Waals surface area (Å²) in [6.07, 6.45) is -1.45. The second-order valence-electron chi connectivity index (χ2n) is 8.73. The molecular weight excluding hydrogens is 697 g/mol. The van der Waals surface area contributed by atoms with Crippen molar-refractivity contribution in [1.82, 2.24) is 19.7 Å². The van der Waals surface area contributed by atoms with Crippen molar-refractivity contribution in [2.24, 2.45) is 0 Å². The molecule has 2 N–H and O–H groups in total. The van der Waals surface area contributed by atoms with Gasteiger partial charge in [-0.25, -0.2) is 17.7 Å². The summed E-state index contributed by atoms with van der Waals surface area (Å²) in [7, 11) is 1.35. The summed E-state index contributed by atoms with van der Waals surface area (Å²) < 4.78 is 47.1. The van der Waals surface area contributed by atoms with E-state index in [4.69, 9.17) is 14.2 Å². The molecule has 2 aromatic heterocycles. The molecule has 0 bridgehead atoms. The van der Waals surface area contributed by atoms with Gasteiger partial charge in [0, 0.05) is 17.9 Å². The first-order valence-electron chi connectivity index (χ1n) is 12.4. The van der Waals surface area contributed by atoms with Crippen LogP contribution in [0.15, 0.2) is 48.5 Å². The van der Waals surface area contributed by atoms with E-state index in [0.717, 1.165) is 4.31 Å². The van der Waals surface area contributed by atoms with Gasteiger partial charge in [-0.2, -0.15) is 0 Å². The largest absolute Gasteiger partial charge is 0.506 e. The maximum Gasteiger partial charge on any atom is 0.246 e. The highest BCUT2D eigenvalue weighted by Gasteiger charge is 2.39. The molecule has 4 rings (SSSR count). The SMILES string of the molecule is COc1cc#cc(-c2nnc(N(CCSI)S(=O)(=O)[C@@H](C)[C@@H](O)c3ccccc3OC)n2-c2c(O)cccc2OC)n1. The third-order valence-electron chi connectivity index (χ3n) is 6.37. The number of aliphatic hydroxyl groups excluding tert-OH is 1. The number of phenols is 1. The average molecular weight is 726 g/mol. The Labute approximate surface area is 260 Å². The number of anilines is 1. The van der Waals surface area contributed by atoms with E-state index < -0.39 is 21.4 Å². The number of phenolic OH excluding ortho intramolecular Hbond substituents is 1. The second kappa shape index (κ2) is 13.7. The van der Waals surface area contributed by atoms with Crippen molar-refractivity contribution in [3.05, 3.63) is 66.2 Å². The lowest BCUT2D eigenvalue weighted by Crippen LogP contribution is -2.43. The van der Waals surface area contributed by atoms with Gasteiger partial charge >= 0.3 is 0 Å². The number of methoxy groups -OCH3 is 3. The van der Waals surface area contributed by atoms with Crippen molar-refractivity contribution >= 4 is 46.1 Å². The van der Waals surface area contributed by atoms with Crippen LogP contribution in [0.25, 0.3) is 17.2 Å². The van der Waals surface area contributed by atoms with E-state index >= 15 is 0 Å². The number of hydrogen-bond donors (Lipinski definition) is 2. The lowest BCUT2D eigenvalue weighted by Gasteiger charge is -2.29. The molecule has 0 amide bonds. The van der Waals surface area contributed by atoms with Gasteiger partial charge in [0.05, 0.1) is 27.4 Å². The molecular formula is C27H28IN5O7S2. The van der Waals surface area contributed by atoms with E-state index in [9.17, 15) is 18.6 Å². The van der Waals surface area contributed by atoms with Crippen LogP contribution in [-0.4, -0.2) is 77.3 Å². The molecule has 0 aliphatic carbocycles. The average Bonchev–Trinajstić information content (AvgIpc) is 3.44. The molecule has 0 radical (unpaired) electrons. The van der Waals surface area contributed by atoms with Gasteiger partial charge in [-0.3, -0.25) is 4.57 Å². The summed E-state index contributed by atoms with van der Waals surface area (Å²) in [5.41, 5.74) is 0.518. The number of ether oxygens (including phenoxy) is 3. The first-order chi connectivity index (χ1) is 20.2. The molecule has 0 saturated carbocycles. The molecule has 2 atom stereocenters. The van der Waals surface area contributed by atoms with E-state index in [-0.39, 0.29) is 47.1 Å². The van der Waals surface area contributed by atoms with Gasteiger partial charge in [0.1, 0.15) is 34.3 Å². The smallest absolute Gasteiger partial charge is 0.246 e. The number of nitrogens with zero attached hydrogens (tertiary/aromatic N) is 5. The highest BCUT2D eigenvalue weighted by Crippen LogP contribution is 2.39. The first-order valence-corrected chi connectivity index (χ1v) is 17.4. The number of aromatic nitrogens is 4. The van der Waals surface area contributed by atoms with E-state index in [1.165, 1.54) is 53.9 Å². The van der Waals surface area contributed by atoms with Gasteiger partial charge in [-0.05, 0) is 52.4 Å². The van der Waals surface area contributed by atoms with Crippen LogP contribution in [0.3, 0.4) is 0 Å². The summed E-state index contributed by atoms with van der Waals surface area (Å²) in [5, 5.41) is 29.5. The maximum absolute atomic E-state index is 14.3. The number of sulfonamides is 1. The standard InChI is InChI=1S/C27H28IN5O7S2/c1-17(25(35)18-9-5-6-12-21(18)38-2)42(36,37)32(15-16-41-28)27-31-30-26(19-10-7-14-23(29-19)40-4)33(27)24-20(34)11-8-13-22(24)39-3/h5-6,8-9,11-14,17,25,34-35H,15-16H2,1-4H3/t17-,25+/m0/s1. The number of hydrogen-bond acceptors (Lipinski definition) is 11. The zero-order valence-corrected chi connectivity index (χ0v) is 26.8. The highest BCUT2D eigenvalue weighted by molar-refractivity contribution is 14.2. The third kappa shape index (κ3) is 6.16. The minimum atomic E-state index is -4.34. The number of rotatable bonds is 13. The van der Waals surface area contributed by atoms with Crippen molar-refractivity contribution in [3.8, 4) is 40.3 Å². The Morgan fingerprint density at radius 1 is 1.07 bits per heavy atom. The van der Waals surface area contributed by atoms with Crippen molar-refractivity contribution in [2.75, 3.05) is 37.9 Å². The Morgan fingerprint density at radius 2 is 1.79 bits per heavy atom. The molecule has 42 heavy (non-hydrogen) atoms. The van der Waals surface area contributed by atoms with Crippen molar-refractivity contribution in [2.45, 2.75) is 18.3 Å². The van der Waals surface area contributed by atoms with Crippen LogP contribution in [0.1, 0.15) is 18.6 Å². The molecule has 0 aliphatic rings. The zero-order valence-electron chi connectivity index (χ0n) is 23.1. The Kier molecular flexibility index (Phi) is 10.2. The van der Waals surface area contributed by atoms with Crippen molar-refractivity contribution in [1.29, 1.82) is 0 Å². The predicted octanol–water partition coefficient (Wildman–Crippen LogP) is 4.00. The Balaban J connectivity index is 1.95. The van der Waals surface area contributed by atoms with Crippen LogP contribution in [0.5, 0.6) is 23.1 Å². The molecule has 0 unspecified atom stereocenters. The molecule has 0 spiro atoms. The minimum absolute atomic E-state index is 0.0334. The quantitative estimate of drug-likeness (QED) is 0.193. The highest BCUT2D eigenvalue weighted by atomic mass is 127. The molecule has 0 aliphatic heterocycles. The monoisotopic (exact) mass is 725 g/mol. The number of benzene rings is 2. The molecule has 0 saturated heterocycles. The van der Waals surface area contributed by atoms with Gasteiger partial charge in [-0.1, -0.05) is 39.3 Å². The molecule has 4 aromatic rings. The topological polar surface area (TPSA) is 149 Å². The van der Waals surface area contributed by atoms with Crippen LogP contribution in [0.2, 0.25) is 0 Å². The lowest BCUT2D eigenvalue weighted by atomic mass is 10.1. The molecule has 12 nitrogen and oxygen atoms in total. The minimum Gasteiger partial charge on any atom is -0.506 e. The normalized spacial score (nSPS) is 12.7. The van der Waals surface area contributed by atoms with Gasteiger partial charge in [-0.15, -0.1) is 10.2 Å². The van der Waals surface area contributed by atoms with Crippen molar-refractivity contribution < 1.29 is 32.8 Å².